The first-order valence-corrected chi connectivity index (χ1v) is 6.94. The number of ether oxygens (including phenoxy) is 1. The molecule has 1 aromatic carbocycles. The molecular weight excluding hydrogens is 304 g/mol. The average molecular weight is 324 g/mol. The summed E-state index contributed by atoms with van der Waals surface area (Å²) in [5, 5.41) is 10.9. The van der Waals surface area contributed by atoms with Crippen molar-refractivity contribution in [1.82, 2.24) is 0 Å². The molecule has 0 fully saturated rings. The lowest BCUT2D eigenvalue weighted by atomic mass is 9.87. The van der Waals surface area contributed by atoms with Gasteiger partial charge in [0.25, 0.3) is 5.69 Å². The van der Waals surface area contributed by atoms with Crippen LogP contribution in [-0.2, 0) is 19.2 Å². The molecule has 2 unspecified atom stereocenters. The van der Waals surface area contributed by atoms with Crippen molar-refractivity contribution in [3.05, 3.63) is 39.9 Å². The third-order valence-electron chi connectivity index (χ3n) is 3.09. The molecule has 0 radical (unpaired) electrons. The molecule has 2 N–H and O–H groups in total. The molecule has 23 heavy (non-hydrogen) atoms. The van der Waals surface area contributed by atoms with E-state index in [4.69, 9.17) is 10.6 Å². The van der Waals surface area contributed by atoms with E-state index in [1.54, 1.807) is 20.8 Å². The van der Waals surface area contributed by atoms with Crippen LogP contribution in [0, 0.1) is 16.0 Å². The molecule has 0 spiro atoms. The van der Waals surface area contributed by atoms with E-state index in [-0.39, 0.29) is 11.3 Å². The molecular formula is C15H20N2O6. The van der Waals surface area contributed by atoms with Crippen LogP contribution < -0.4 is 5.90 Å². The summed E-state index contributed by atoms with van der Waals surface area (Å²) >= 11 is 0. The van der Waals surface area contributed by atoms with Crippen LogP contribution >= 0.6 is 0 Å². The zero-order chi connectivity index (χ0) is 17.8. The number of nitrogens with two attached hydrogens (primary N) is 1. The maximum Gasteiger partial charge on any atom is 0.328 e. The lowest BCUT2D eigenvalue weighted by molar-refractivity contribution is -0.384. The van der Waals surface area contributed by atoms with Gasteiger partial charge in [0.2, 0.25) is 0 Å². The Kier molecular flexibility index (Phi) is 5.80. The fourth-order valence-corrected chi connectivity index (χ4v) is 2.07. The summed E-state index contributed by atoms with van der Waals surface area (Å²) in [4.78, 5) is 38.7. The van der Waals surface area contributed by atoms with E-state index in [0.29, 0.717) is 0 Å². The molecule has 0 saturated heterocycles. The van der Waals surface area contributed by atoms with Crippen molar-refractivity contribution in [2.24, 2.45) is 11.8 Å². The molecule has 1 rings (SSSR count). The fourth-order valence-electron chi connectivity index (χ4n) is 2.07. The number of rotatable bonds is 5. The SMILES string of the molecule is CC(C(=O)ON)C(C(=O)OC(C)(C)C)c1cccc([N+](=O)[O-])c1. The minimum absolute atomic E-state index is 0.190. The van der Waals surface area contributed by atoms with Gasteiger partial charge in [0.05, 0.1) is 16.8 Å². The highest BCUT2D eigenvalue weighted by Crippen LogP contribution is 2.30. The number of nitrogens with zero attached hydrogens (tertiary/aromatic N) is 1. The maximum absolute atomic E-state index is 12.5. The molecule has 0 heterocycles. The Morgan fingerprint density at radius 3 is 2.35 bits per heavy atom. The molecule has 0 aromatic heterocycles. The Bertz CT molecular complexity index is 608. The summed E-state index contributed by atoms with van der Waals surface area (Å²) in [6.07, 6.45) is 0. The molecule has 126 valence electrons. The van der Waals surface area contributed by atoms with Crippen molar-refractivity contribution in [2.75, 3.05) is 0 Å². The van der Waals surface area contributed by atoms with E-state index >= 15 is 0 Å². The van der Waals surface area contributed by atoms with Gasteiger partial charge in [-0.1, -0.05) is 19.1 Å². The van der Waals surface area contributed by atoms with Crippen molar-refractivity contribution < 1.29 is 24.1 Å². The largest absolute Gasteiger partial charge is 0.459 e. The van der Waals surface area contributed by atoms with Crippen molar-refractivity contribution in [3.8, 4) is 0 Å². The monoisotopic (exact) mass is 324 g/mol. The number of benzene rings is 1. The van der Waals surface area contributed by atoms with Crippen LogP contribution in [0.1, 0.15) is 39.2 Å². The molecule has 0 bridgehead atoms. The second-order valence-electron chi connectivity index (χ2n) is 6.09. The van der Waals surface area contributed by atoms with Crippen LogP contribution in [0.25, 0.3) is 0 Å². The van der Waals surface area contributed by atoms with E-state index in [9.17, 15) is 19.7 Å². The summed E-state index contributed by atoms with van der Waals surface area (Å²) in [7, 11) is 0. The van der Waals surface area contributed by atoms with Gasteiger partial charge in [0, 0.05) is 12.1 Å². The Balaban J connectivity index is 3.28. The van der Waals surface area contributed by atoms with Crippen LogP contribution in [0.2, 0.25) is 0 Å². The zero-order valence-corrected chi connectivity index (χ0v) is 13.4. The van der Waals surface area contributed by atoms with Gasteiger partial charge in [0.1, 0.15) is 5.60 Å². The number of hydrogen-bond donors (Lipinski definition) is 1. The second kappa shape index (κ2) is 7.19. The lowest BCUT2D eigenvalue weighted by Crippen LogP contribution is -2.34. The van der Waals surface area contributed by atoms with E-state index in [2.05, 4.69) is 4.84 Å². The van der Waals surface area contributed by atoms with Crippen LogP contribution in [0.3, 0.4) is 0 Å². The van der Waals surface area contributed by atoms with Crippen LogP contribution in [0.5, 0.6) is 0 Å². The fraction of sp³-hybridized carbons (Fsp3) is 0.467. The molecule has 0 aliphatic carbocycles. The summed E-state index contributed by atoms with van der Waals surface area (Å²) < 4.78 is 5.31. The Labute approximate surface area is 133 Å². The minimum Gasteiger partial charge on any atom is -0.459 e. The topological polar surface area (TPSA) is 122 Å². The summed E-state index contributed by atoms with van der Waals surface area (Å²) in [5.74, 6) is 1.36. The molecule has 0 saturated carbocycles. The van der Waals surface area contributed by atoms with Crippen molar-refractivity contribution in [1.29, 1.82) is 0 Å². The number of carbonyl (C=O) groups is 2. The molecule has 1 aromatic rings. The van der Waals surface area contributed by atoms with Crippen molar-refractivity contribution >= 4 is 17.6 Å². The molecule has 0 aliphatic rings. The van der Waals surface area contributed by atoms with Gasteiger partial charge in [-0.15, -0.1) is 0 Å². The highest BCUT2D eigenvalue weighted by Gasteiger charge is 2.36. The van der Waals surface area contributed by atoms with E-state index < -0.39 is 34.3 Å². The van der Waals surface area contributed by atoms with Crippen LogP contribution in [-0.4, -0.2) is 22.5 Å². The predicted molar refractivity (Wildman–Crippen MR) is 81.1 cm³/mol. The number of hydrogen-bond acceptors (Lipinski definition) is 7. The first kappa shape index (κ1) is 18.6. The quantitative estimate of drug-likeness (QED) is 0.499. The Morgan fingerprint density at radius 1 is 1.26 bits per heavy atom. The predicted octanol–water partition coefficient (Wildman–Crippen LogP) is 2.07. The normalized spacial score (nSPS) is 13.8. The Hall–Kier alpha value is -2.48. The molecule has 8 heteroatoms. The first-order chi connectivity index (χ1) is 10.6. The lowest BCUT2D eigenvalue weighted by Gasteiger charge is -2.26. The van der Waals surface area contributed by atoms with Gasteiger partial charge in [-0.3, -0.25) is 19.7 Å². The highest BCUT2D eigenvalue weighted by molar-refractivity contribution is 5.86. The van der Waals surface area contributed by atoms with Gasteiger partial charge in [-0.05, 0) is 26.3 Å². The van der Waals surface area contributed by atoms with E-state index in [0.717, 1.165) is 0 Å². The van der Waals surface area contributed by atoms with Gasteiger partial charge < -0.3 is 9.57 Å². The van der Waals surface area contributed by atoms with E-state index in [1.807, 2.05) is 0 Å². The molecule has 0 amide bonds. The van der Waals surface area contributed by atoms with Gasteiger partial charge in [-0.25, -0.2) is 0 Å². The third kappa shape index (κ3) is 5.03. The van der Waals surface area contributed by atoms with Gasteiger partial charge in [-0.2, -0.15) is 5.90 Å². The first-order valence-electron chi connectivity index (χ1n) is 6.94. The number of esters is 1. The second-order valence-corrected chi connectivity index (χ2v) is 6.09. The standard InChI is InChI=1S/C15H20N2O6/c1-9(13(18)23-16)12(14(19)22-15(2,3)4)10-6-5-7-11(8-10)17(20)21/h5-9,12H,16H2,1-4H3. The van der Waals surface area contributed by atoms with Gasteiger partial charge >= 0.3 is 11.9 Å². The van der Waals surface area contributed by atoms with Crippen LogP contribution in [0.15, 0.2) is 24.3 Å². The van der Waals surface area contributed by atoms with Crippen molar-refractivity contribution in [3.63, 3.8) is 0 Å². The smallest absolute Gasteiger partial charge is 0.328 e. The molecule has 2 atom stereocenters. The summed E-state index contributed by atoms with van der Waals surface area (Å²) in [5.41, 5.74) is -0.682. The zero-order valence-electron chi connectivity index (χ0n) is 13.4. The maximum atomic E-state index is 12.5. The number of carbonyl (C=O) groups excluding carboxylic acids is 2. The minimum atomic E-state index is -1.06. The highest BCUT2D eigenvalue weighted by atomic mass is 16.7. The molecule has 8 nitrogen and oxygen atoms in total. The third-order valence-corrected chi connectivity index (χ3v) is 3.09. The van der Waals surface area contributed by atoms with Crippen molar-refractivity contribution in [2.45, 2.75) is 39.2 Å². The number of nitro groups is 1. The summed E-state index contributed by atoms with van der Waals surface area (Å²) in [6.45, 7) is 6.49. The molecule has 0 aliphatic heterocycles. The van der Waals surface area contributed by atoms with Gasteiger partial charge in [0.15, 0.2) is 0 Å². The van der Waals surface area contributed by atoms with E-state index in [1.165, 1.54) is 31.2 Å². The Morgan fingerprint density at radius 2 is 1.87 bits per heavy atom. The number of non-ortho nitro benzene ring substituents is 1. The number of nitro benzene ring substituents is 1. The summed E-state index contributed by atoms with van der Waals surface area (Å²) in [6, 6.07) is 5.48. The average Bonchev–Trinajstić information content (AvgIpc) is 2.44. The van der Waals surface area contributed by atoms with Crippen LogP contribution in [0.4, 0.5) is 5.69 Å².